The average Bonchev–Trinajstić information content (AvgIpc) is 3.32. The summed E-state index contributed by atoms with van der Waals surface area (Å²) in [6.45, 7) is 5.76. The van der Waals surface area contributed by atoms with Gasteiger partial charge in [0.25, 0.3) is 0 Å². The number of aryl methyl sites for hydroxylation is 1. The van der Waals surface area contributed by atoms with Crippen LogP contribution in [0.3, 0.4) is 0 Å². The van der Waals surface area contributed by atoms with Crippen LogP contribution in [0.2, 0.25) is 0 Å². The first kappa shape index (κ1) is 17.2. The van der Waals surface area contributed by atoms with Gasteiger partial charge in [0.2, 0.25) is 0 Å². The predicted molar refractivity (Wildman–Crippen MR) is 85.9 cm³/mol. The minimum atomic E-state index is -0.591. The van der Waals surface area contributed by atoms with Crippen molar-refractivity contribution in [2.75, 3.05) is 26.4 Å². The number of carbonyl (C=O) groups is 1. The van der Waals surface area contributed by atoms with Crippen LogP contribution >= 0.6 is 0 Å². The van der Waals surface area contributed by atoms with Gasteiger partial charge in [0.1, 0.15) is 31.2 Å². The molecule has 2 atom stereocenters. The number of epoxide rings is 1. The van der Waals surface area contributed by atoms with E-state index in [0.29, 0.717) is 26.1 Å². The van der Waals surface area contributed by atoms with E-state index < -0.39 is 5.79 Å². The summed E-state index contributed by atoms with van der Waals surface area (Å²) in [6, 6.07) is 7.75. The van der Waals surface area contributed by atoms with Crippen LogP contribution in [0.5, 0.6) is 5.75 Å². The Kier molecular flexibility index (Phi) is 5.38. The van der Waals surface area contributed by atoms with Crippen LogP contribution in [0.15, 0.2) is 24.3 Å². The quantitative estimate of drug-likeness (QED) is 0.535. The number of hydrogen-bond donors (Lipinski definition) is 0. The summed E-state index contributed by atoms with van der Waals surface area (Å²) in [7, 11) is 0. The van der Waals surface area contributed by atoms with Gasteiger partial charge < -0.3 is 23.7 Å². The summed E-state index contributed by atoms with van der Waals surface area (Å²) in [5, 5.41) is 0. The molecule has 0 amide bonds. The maximum Gasteiger partial charge on any atom is 0.306 e. The van der Waals surface area contributed by atoms with Crippen molar-refractivity contribution in [3.8, 4) is 5.75 Å². The van der Waals surface area contributed by atoms with Gasteiger partial charge in [0.15, 0.2) is 5.79 Å². The zero-order valence-corrected chi connectivity index (χ0v) is 14.2. The first-order chi connectivity index (χ1) is 11.5. The summed E-state index contributed by atoms with van der Waals surface area (Å²) in [6.07, 6.45) is 1.04. The minimum absolute atomic E-state index is 0.184. The topological polar surface area (TPSA) is 66.5 Å². The van der Waals surface area contributed by atoms with Crippen molar-refractivity contribution in [2.45, 2.75) is 44.7 Å². The third-order valence-corrected chi connectivity index (χ3v) is 3.88. The first-order valence-corrected chi connectivity index (χ1v) is 8.31. The van der Waals surface area contributed by atoms with Crippen LogP contribution in [0.25, 0.3) is 0 Å². The van der Waals surface area contributed by atoms with Crippen molar-refractivity contribution in [2.24, 2.45) is 0 Å². The summed E-state index contributed by atoms with van der Waals surface area (Å²) < 4.78 is 27.0. The van der Waals surface area contributed by atoms with E-state index in [1.165, 1.54) is 0 Å². The molecule has 2 fully saturated rings. The largest absolute Gasteiger partial charge is 0.491 e. The molecule has 0 bridgehead atoms. The van der Waals surface area contributed by atoms with Gasteiger partial charge in [-0.2, -0.15) is 0 Å². The van der Waals surface area contributed by atoms with E-state index in [2.05, 4.69) is 0 Å². The number of rotatable bonds is 8. The summed E-state index contributed by atoms with van der Waals surface area (Å²) in [4.78, 5) is 11.8. The van der Waals surface area contributed by atoms with Crippen LogP contribution in [-0.4, -0.2) is 50.4 Å². The number of esters is 1. The summed E-state index contributed by atoms with van der Waals surface area (Å²) >= 11 is 0. The van der Waals surface area contributed by atoms with Gasteiger partial charge in [-0.05, 0) is 38.0 Å². The lowest BCUT2D eigenvalue weighted by atomic mass is 10.1. The van der Waals surface area contributed by atoms with E-state index in [4.69, 9.17) is 23.7 Å². The first-order valence-electron chi connectivity index (χ1n) is 8.31. The summed E-state index contributed by atoms with van der Waals surface area (Å²) in [5.74, 6) is -0.000623. The zero-order valence-electron chi connectivity index (χ0n) is 14.2. The van der Waals surface area contributed by atoms with Crippen molar-refractivity contribution in [3.63, 3.8) is 0 Å². The standard InChI is InChI=1S/C18H24O6/c1-18(2)23-12-16(24-18)11-22-17(19)8-5-13-3-6-14(7-4-13)20-9-15-10-21-15/h3-4,6-7,15-16H,5,8-12H2,1-2H3/t15-,16+/m0/s1. The summed E-state index contributed by atoms with van der Waals surface area (Å²) in [5.41, 5.74) is 1.07. The molecule has 0 aliphatic carbocycles. The maximum atomic E-state index is 11.8. The molecule has 0 saturated carbocycles. The Labute approximate surface area is 142 Å². The van der Waals surface area contributed by atoms with Gasteiger partial charge in [-0.15, -0.1) is 0 Å². The molecule has 1 aromatic carbocycles. The van der Waals surface area contributed by atoms with E-state index in [1.807, 2.05) is 38.1 Å². The van der Waals surface area contributed by atoms with Crippen LogP contribution in [0.4, 0.5) is 0 Å². The minimum Gasteiger partial charge on any atom is -0.491 e. The molecule has 0 spiro atoms. The van der Waals surface area contributed by atoms with Crippen molar-refractivity contribution < 1.29 is 28.5 Å². The van der Waals surface area contributed by atoms with Crippen molar-refractivity contribution in [1.82, 2.24) is 0 Å². The fraction of sp³-hybridized carbons (Fsp3) is 0.611. The molecule has 0 radical (unpaired) electrons. The van der Waals surface area contributed by atoms with Gasteiger partial charge in [-0.25, -0.2) is 0 Å². The van der Waals surface area contributed by atoms with E-state index in [-0.39, 0.29) is 24.8 Å². The fourth-order valence-corrected chi connectivity index (χ4v) is 2.46. The Morgan fingerprint density at radius 1 is 1.17 bits per heavy atom. The Bertz CT molecular complexity index is 549. The van der Waals surface area contributed by atoms with E-state index >= 15 is 0 Å². The second-order valence-electron chi connectivity index (χ2n) is 6.54. The third kappa shape index (κ3) is 5.47. The molecule has 2 aliphatic rings. The maximum absolute atomic E-state index is 11.8. The van der Waals surface area contributed by atoms with E-state index in [9.17, 15) is 4.79 Å². The van der Waals surface area contributed by atoms with Crippen LogP contribution in [0, 0.1) is 0 Å². The zero-order chi connectivity index (χ0) is 17.0. The molecule has 6 heteroatoms. The number of benzene rings is 1. The predicted octanol–water partition coefficient (Wildman–Crippen LogP) is 2.09. The molecule has 2 saturated heterocycles. The van der Waals surface area contributed by atoms with Gasteiger partial charge in [-0.3, -0.25) is 4.79 Å². The lowest BCUT2D eigenvalue weighted by Crippen LogP contribution is -2.25. The molecule has 24 heavy (non-hydrogen) atoms. The monoisotopic (exact) mass is 336 g/mol. The molecule has 2 heterocycles. The third-order valence-electron chi connectivity index (χ3n) is 3.88. The molecule has 6 nitrogen and oxygen atoms in total. The average molecular weight is 336 g/mol. The lowest BCUT2D eigenvalue weighted by Gasteiger charge is -2.17. The normalized spacial score (nSPS) is 24.6. The second-order valence-corrected chi connectivity index (χ2v) is 6.54. The van der Waals surface area contributed by atoms with Gasteiger partial charge >= 0.3 is 5.97 Å². The Morgan fingerprint density at radius 2 is 1.92 bits per heavy atom. The van der Waals surface area contributed by atoms with E-state index in [1.54, 1.807) is 0 Å². The molecular weight excluding hydrogens is 312 g/mol. The van der Waals surface area contributed by atoms with E-state index in [0.717, 1.165) is 17.9 Å². The van der Waals surface area contributed by atoms with Crippen molar-refractivity contribution >= 4 is 5.97 Å². The second kappa shape index (κ2) is 7.51. The van der Waals surface area contributed by atoms with Crippen LogP contribution in [0.1, 0.15) is 25.8 Å². The fourth-order valence-electron chi connectivity index (χ4n) is 2.46. The van der Waals surface area contributed by atoms with Gasteiger partial charge in [0.05, 0.1) is 13.2 Å². The molecular formula is C18H24O6. The number of carbonyl (C=O) groups excluding carboxylic acids is 1. The highest BCUT2D eigenvalue weighted by atomic mass is 16.7. The molecule has 0 unspecified atom stereocenters. The highest BCUT2D eigenvalue weighted by molar-refractivity contribution is 5.69. The Morgan fingerprint density at radius 3 is 2.54 bits per heavy atom. The molecule has 0 aromatic heterocycles. The highest BCUT2D eigenvalue weighted by Gasteiger charge is 2.33. The molecule has 0 N–H and O–H groups in total. The molecule has 132 valence electrons. The van der Waals surface area contributed by atoms with Gasteiger partial charge in [0, 0.05) is 6.42 Å². The number of hydrogen-bond acceptors (Lipinski definition) is 6. The van der Waals surface area contributed by atoms with Crippen molar-refractivity contribution in [3.05, 3.63) is 29.8 Å². The van der Waals surface area contributed by atoms with Crippen molar-refractivity contribution in [1.29, 1.82) is 0 Å². The smallest absolute Gasteiger partial charge is 0.306 e. The van der Waals surface area contributed by atoms with Gasteiger partial charge in [-0.1, -0.05) is 12.1 Å². The molecule has 3 rings (SSSR count). The Balaban J connectivity index is 1.33. The van der Waals surface area contributed by atoms with Crippen LogP contribution in [-0.2, 0) is 30.2 Å². The molecule has 2 aliphatic heterocycles. The highest BCUT2D eigenvalue weighted by Crippen LogP contribution is 2.22. The SMILES string of the molecule is CC1(C)OC[C@@H](COC(=O)CCc2ccc(OC[C@H]3CO3)cc2)O1. The lowest BCUT2D eigenvalue weighted by molar-refractivity contribution is -0.158. The number of ether oxygens (including phenoxy) is 5. The Hall–Kier alpha value is -1.63. The van der Waals surface area contributed by atoms with Crippen LogP contribution < -0.4 is 4.74 Å². The molecule has 1 aromatic rings.